The average molecular weight is 415 g/mol. The summed E-state index contributed by atoms with van der Waals surface area (Å²) in [6.07, 6.45) is 6.77. The van der Waals surface area contributed by atoms with Gasteiger partial charge in [-0.15, -0.1) is 0 Å². The molecule has 0 spiro atoms. The molecule has 3 aliphatic rings. The molecular formula is C23H34N4O3. The lowest BCUT2D eigenvalue weighted by Gasteiger charge is -2.52. The number of rotatable bonds is 7. The average Bonchev–Trinajstić information content (AvgIpc) is 2.74. The Morgan fingerprint density at radius 3 is 2.93 bits per heavy atom. The topological polar surface area (TPSA) is 74.8 Å². The molecule has 0 aromatic carbocycles. The Balaban J connectivity index is 1.31. The van der Waals surface area contributed by atoms with E-state index >= 15 is 0 Å². The van der Waals surface area contributed by atoms with E-state index in [9.17, 15) is 9.59 Å². The van der Waals surface area contributed by atoms with Crippen LogP contribution in [0.1, 0.15) is 56.3 Å². The smallest absolute Gasteiger partial charge is 0.252 e. The van der Waals surface area contributed by atoms with Crippen molar-refractivity contribution in [3.63, 3.8) is 0 Å². The highest BCUT2D eigenvalue weighted by Gasteiger charge is 2.44. The number of amides is 2. The number of pyridine rings is 1. The molecule has 1 N–H and O–H groups in total. The van der Waals surface area contributed by atoms with Gasteiger partial charge in [0.15, 0.2) is 0 Å². The van der Waals surface area contributed by atoms with E-state index in [2.05, 4.69) is 20.1 Å². The molecule has 7 nitrogen and oxygen atoms in total. The van der Waals surface area contributed by atoms with Crippen molar-refractivity contribution in [2.24, 2.45) is 11.8 Å². The summed E-state index contributed by atoms with van der Waals surface area (Å²) in [5.41, 5.74) is 0.588. The van der Waals surface area contributed by atoms with Gasteiger partial charge in [0.2, 0.25) is 5.91 Å². The third-order valence-corrected chi connectivity index (χ3v) is 6.57. The Morgan fingerprint density at radius 2 is 2.17 bits per heavy atom. The molecule has 2 bridgehead atoms. The fraction of sp³-hybridized carbons (Fsp3) is 0.696. The number of anilines is 1. The van der Waals surface area contributed by atoms with Crippen LogP contribution in [0.5, 0.6) is 0 Å². The Kier molecular flexibility index (Phi) is 6.56. The highest BCUT2D eigenvalue weighted by Crippen LogP contribution is 2.38. The highest BCUT2D eigenvalue weighted by molar-refractivity contribution is 5.94. The molecule has 3 aliphatic heterocycles. The number of aromatic nitrogens is 1. The van der Waals surface area contributed by atoms with Gasteiger partial charge in [0.05, 0.1) is 11.7 Å². The highest BCUT2D eigenvalue weighted by atomic mass is 16.5. The first-order valence-electron chi connectivity index (χ1n) is 11.4. The zero-order valence-electron chi connectivity index (χ0n) is 18.2. The molecular weight excluding hydrogens is 380 g/mol. The second-order valence-electron chi connectivity index (χ2n) is 9.21. The van der Waals surface area contributed by atoms with Crippen molar-refractivity contribution in [1.82, 2.24) is 15.2 Å². The van der Waals surface area contributed by atoms with Crippen LogP contribution < -0.4 is 10.2 Å². The van der Waals surface area contributed by atoms with E-state index in [4.69, 9.17) is 4.74 Å². The van der Waals surface area contributed by atoms with E-state index in [1.165, 1.54) is 6.42 Å². The third-order valence-electron chi connectivity index (χ3n) is 6.57. The first kappa shape index (κ1) is 21.1. The molecule has 3 saturated heterocycles. The Morgan fingerprint density at radius 1 is 1.30 bits per heavy atom. The van der Waals surface area contributed by atoms with Crippen molar-refractivity contribution in [3.8, 4) is 0 Å². The van der Waals surface area contributed by atoms with Crippen LogP contribution >= 0.6 is 0 Å². The van der Waals surface area contributed by atoms with Crippen molar-refractivity contribution < 1.29 is 14.3 Å². The zero-order chi connectivity index (χ0) is 21.1. The van der Waals surface area contributed by atoms with E-state index < -0.39 is 0 Å². The number of fused-ring (bicyclic) bond motifs is 4. The van der Waals surface area contributed by atoms with Gasteiger partial charge in [-0.25, -0.2) is 4.98 Å². The normalized spacial score (nSPS) is 26.0. The molecule has 2 amide bonds. The van der Waals surface area contributed by atoms with E-state index in [0.29, 0.717) is 42.5 Å². The number of carbonyl (C=O) groups excluding carboxylic acids is 2. The summed E-state index contributed by atoms with van der Waals surface area (Å²) in [5.74, 6) is 2.23. The van der Waals surface area contributed by atoms with Crippen LogP contribution in [0.15, 0.2) is 18.3 Å². The van der Waals surface area contributed by atoms with Crippen LogP contribution in [-0.2, 0) is 9.53 Å². The van der Waals surface area contributed by atoms with Crippen LogP contribution in [0.4, 0.5) is 5.82 Å². The van der Waals surface area contributed by atoms with Crippen molar-refractivity contribution >= 4 is 17.6 Å². The SMILES string of the molecule is CC(C)OCCCNC(=O)c1ccc(N2CC3CC(C2)[C@H]2CCCC(=O)N2C3)nc1. The van der Waals surface area contributed by atoms with E-state index in [-0.39, 0.29) is 12.0 Å². The van der Waals surface area contributed by atoms with Gasteiger partial charge in [0.25, 0.3) is 5.91 Å². The molecule has 1 aromatic heterocycles. The molecule has 1 aromatic rings. The number of hydrogen-bond donors (Lipinski definition) is 1. The van der Waals surface area contributed by atoms with Gasteiger partial charge in [-0.2, -0.15) is 0 Å². The predicted molar refractivity (Wildman–Crippen MR) is 115 cm³/mol. The molecule has 7 heteroatoms. The first-order valence-corrected chi connectivity index (χ1v) is 11.4. The van der Waals surface area contributed by atoms with Gasteiger partial charge in [-0.05, 0) is 63.5 Å². The van der Waals surface area contributed by atoms with E-state index in [1.54, 1.807) is 6.20 Å². The second-order valence-corrected chi connectivity index (χ2v) is 9.21. The van der Waals surface area contributed by atoms with Crippen LogP contribution in [0.25, 0.3) is 0 Å². The molecule has 164 valence electrons. The number of nitrogens with zero attached hydrogens (tertiary/aromatic N) is 3. The third kappa shape index (κ3) is 4.77. The van der Waals surface area contributed by atoms with Gasteiger partial charge in [0, 0.05) is 51.4 Å². The minimum Gasteiger partial charge on any atom is -0.379 e. The lowest BCUT2D eigenvalue weighted by Crippen LogP contribution is -2.60. The molecule has 3 atom stereocenters. The van der Waals surface area contributed by atoms with Crippen molar-refractivity contribution in [2.75, 3.05) is 37.7 Å². The molecule has 0 saturated carbocycles. The van der Waals surface area contributed by atoms with Gasteiger partial charge < -0.3 is 19.9 Å². The predicted octanol–water partition coefficient (Wildman–Crippen LogP) is 2.46. The fourth-order valence-corrected chi connectivity index (χ4v) is 5.20. The van der Waals surface area contributed by atoms with Crippen molar-refractivity contribution in [2.45, 2.75) is 58.1 Å². The first-order chi connectivity index (χ1) is 14.5. The van der Waals surface area contributed by atoms with Gasteiger partial charge in [-0.1, -0.05) is 0 Å². The Bertz CT molecular complexity index is 751. The summed E-state index contributed by atoms with van der Waals surface area (Å²) in [4.78, 5) is 33.7. The number of piperidine rings is 3. The summed E-state index contributed by atoms with van der Waals surface area (Å²) in [7, 11) is 0. The Labute approximate surface area is 179 Å². The van der Waals surface area contributed by atoms with Crippen molar-refractivity contribution in [1.29, 1.82) is 0 Å². The quantitative estimate of drug-likeness (QED) is 0.694. The lowest BCUT2D eigenvalue weighted by molar-refractivity contribution is -0.142. The largest absolute Gasteiger partial charge is 0.379 e. The summed E-state index contributed by atoms with van der Waals surface area (Å²) in [5, 5.41) is 2.93. The van der Waals surface area contributed by atoms with E-state index in [1.807, 2.05) is 26.0 Å². The Hall–Kier alpha value is -2.15. The number of nitrogens with one attached hydrogen (secondary N) is 1. The van der Waals surface area contributed by atoms with Gasteiger partial charge >= 0.3 is 0 Å². The summed E-state index contributed by atoms with van der Waals surface area (Å²) in [6, 6.07) is 4.22. The van der Waals surface area contributed by atoms with Crippen LogP contribution in [0.3, 0.4) is 0 Å². The lowest BCUT2D eigenvalue weighted by atomic mass is 9.76. The second kappa shape index (κ2) is 9.33. The molecule has 3 fully saturated rings. The maximum atomic E-state index is 12.3. The maximum absolute atomic E-state index is 12.3. The summed E-state index contributed by atoms with van der Waals surface area (Å²) < 4.78 is 5.49. The van der Waals surface area contributed by atoms with Crippen LogP contribution in [0, 0.1) is 11.8 Å². The maximum Gasteiger partial charge on any atom is 0.252 e. The number of hydrogen-bond acceptors (Lipinski definition) is 5. The molecule has 30 heavy (non-hydrogen) atoms. The van der Waals surface area contributed by atoms with Gasteiger partial charge in [0.1, 0.15) is 5.82 Å². The molecule has 0 radical (unpaired) electrons. The monoisotopic (exact) mass is 414 g/mol. The minimum atomic E-state index is -0.0922. The molecule has 2 unspecified atom stereocenters. The molecule has 4 heterocycles. The fourth-order valence-electron chi connectivity index (χ4n) is 5.20. The van der Waals surface area contributed by atoms with Crippen molar-refractivity contribution in [3.05, 3.63) is 23.9 Å². The summed E-state index contributed by atoms with van der Waals surface area (Å²) in [6.45, 7) is 8.02. The van der Waals surface area contributed by atoms with Gasteiger partial charge in [-0.3, -0.25) is 9.59 Å². The van der Waals surface area contributed by atoms with E-state index in [0.717, 1.165) is 51.1 Å². The van der Waals surface area contributed by atoms with Crippen LogP contribution in [-0.4, -0.2) is 66.6 Å². The minimum absolute atomic E-state index is 0.0922. The number of ether oxygens (including phenoxy) is 1. The van der Waals surface area contributed by atoms with Crippen LogP contribution in [0.2, 0.25) is 0 Å². The molecule has 0 aliphatic carbocycles. The molecule has 4 rings (SSSR count). The number of carbonyl (C=O) groups is 2. The summed E-state index contributed by atoms with van der Waals surface area (Å²) >= 11 is 0. The zero-order valence-corrected chi connectivity index (χ0v) is 18.2. The standard InChI is InChI=1S/C23H34N4O3/c1-16(2)30-10-4-9-24-23(29)18-7-8-21(25-12-18)26-13-17-11-19(15-26)20-5-3-6-22(28)27(20)14-17/h7-8,12,16-17,19-20H,3-6,9-11,13-15H2,1-2H3,(H,24,29)/t17?,19?,20-/m1/s1.